The van der Waals surface area contributed by atoms with Crippen molar-refractivity contribution in [3.05, 3.63) is 28.8 Å². The maximum Gasteiger partial charge on any atom is 0.139 e. The first-order chi connectivity index (χ1) is 5.24. The van der Waals surface area contributed by atoms with E-state index in [0.717, 1.165) is 5.56 Å². The van der Waals surface area contributed by atoms with Gasteiger partial charge in [-0.05, 0) is 13.8 Å². The van der Waals surface area contributed by atoms with Crippen molar-refractivity contribution >= 4 is 17.7 Å². The molecule has 0 unspecified atom stereocenters. The van der Waals surface area contributed by atoms with E-state index in [2.05, 4.69) is 9.97 Å². The number of allylic oxidation sites excluding steroid dienone is 1. The Morgan fingerprint density at radius 2 is 2.27 bits per heavy atom. The Balaban J connectivity index is 3.09. The Kier molecular flexibility index (Phi) is 2.60. The molecule has 3 heteroatoms. The van der Waals surface area contributed by atoms with Crippen molar-refractivity contribution < 1.29 is 0 Å². The van der Waals surface area contributed by atoms with Gasteiger partial charge < -0.3 is 0 Å². The third-order valence-electron chi connectivity index (χ3n) is 1.23. The molecule has 0 aliphatic carbocycles. The molecule has 0 aliphatic rings. The van der Waals surface area contributed by atoms with Gasteiger partial charge in [-0.3, -0.25) is 0 Å². The standard InChI is InChI=1S/C8H9ClN2/c1-3-4-7-5-10-6(2)11-8(7)9/h3-5H,1-2H3. The topological polar surface area (TPSA) is 25.8 Å². The second kappa shape index (κ2) is 3.49. The molecule has 1 heterocycles. The molecule has 0 spiro atoms. The second-order valence-electron chi connectivity index (χ2n) is 2.16. The molecule has 1 aromatic rings. The second-order valence-corrected chi connectivity index (χ2v) is 2.52. The molecule has 0 amide bonds. The fourth-order valence-electron chi connectivity index (χ4n) is 0.743. The summed E-state index contributed by atoms with van der Waals surface area (Å²) in [6, 6.07) is 0. The van der Waals surface area contributed by atoms with Crippen LogP contribution in [0.5, 0.6) is 0 Å². The first-order valence-corrected chi connectivity index (χ1v) is 3.73. The van der Waals surface area contributed by atoms with E-state index >= 15 is 0 Å². The van der Waals surface area contributed by atoms with Crippen LogP contribution in [0.2, 0.25) is 5.15 Å². The number of aryl methyl sites for hydroxylation is 1. The molecule has 1 aromatic heterocycles. The van der Waals surface area contributed by atoms with Gasteiger partial charge in [0.1, 0.15) is 11.0 Å². The molecule has 0 aromatic carbocycles. The van der Waals surface area contributed by atoms with E-state index < -0.39 is 0 Å². The highest BCUT2D eigenvalue weighted by molar-refractivity contribution is 6.30. The predicted octanol–water partition coefficient (Wildman–Crippen LogP) is 2.47. The van der Waals surface area contributed by atoms with Crippen molar-refractivity contribution in [2.24, 2.45) is 0 Å². The largest absolute Gasteiger partial charge is 0.241 e. The quantitative estimate of drug-likeness (QED) is 0.602. The molecular weight excluding hydrogens is 160 g/mol. The van der Waals surface area contributed by atoms with Gasteiger partial charge in [0.15, 0.2) is 0 Å². The predicted molar refractivity (Wildman–Crippen MR) is 46.5 cm³/mol. The molecule has 11 heavy (non-hydrogen) atoms. The van der Waals surface area contributed by atoms with E-state index in [1.54, 1.807) is 6.20 Å². The van der Waals surface area contributed by atoms with Crippen LogP contribution >= 0.6 is 11.6 Å². The molecule has 0 fully saturated rings. The molecule has 0 atom stereocenters. The Bertz CT molecular complexity index is 281. The van der Waals surface area contributed by atoms with Crippen LogP contribution in [0, 0.1) is 6.92 Å². The van der Waals surface area contributed by atoms with Crippen LogP contribution in [0.25, 0.3) is 6.08 Å². The average molecular weight is 169 g/mol. The normalized spacial score (nSPS) is 10.8. The van der Waals surface area contributed by atoms with Crippen molar-refractivity contribution in [1.82, 2.24) is 9.97 Å². The number of aromatic nitrogens is 2. The smallest absolute Gasteiger partial charge is 0.139 e. The highest BCUT2D eigenvalue weighted by Gasteiger charge is 1.97. The highest BCUT2D eigenvalue weighted by atomic mass is 35.5. The van der Waals surface area contributed by atoms with E-state index in [4.69, 9.17) is 11.6 Å². The van der Waals surface area contributed by atoms with Crippen LogP contribution in [-0.2, 0) is 0 Å². The zero-order valence-electron chi connectivity index (χ0n) is 6.50. The van der Waals surface area contributed by atoms with Gasteiger partial charge in [0.25, 0.3) is 0 Å². The first kappa shape index (κ1) is 8.21. The molecule has 0 saturated heterocycles. The Morgan fingerprint density at radius 1 is 1.55 bits per heavy atom. The van der Waals surface area contributed by atoms with Gasteiger partial charge in [0.2, 0.25) is 0 Å². The highest BCUT2D eigenvalue weighted by Crippen LogP contribution is 2.12. The number of hydrogen-bond donors (Lipinski definition) is 0. The summed E-state index contributed by atoms with van der Waals surface area (Å²) in [5.74, 6) is 0.697. The average Bonchev–Trinajstić information content (AvgIpc) is 1.95. The maximum absolute atomic E-state index is 5.81. The summed E-state index contributed by atoms with van der Waals surface area (Å²) in [7, 11) is 0. The van der Waals surface area contributed by atoms with Crippen molar-refractivity contribution in [2.75, 3.05) is 0 Å². The molecular formula is C8H9ClN2. The van der Waals surface area contributed by atoms with Crippen LogP contribution in [-0.4, -0.2) is 9.97 Å². The van der Waals surface area contributed by atoms with Gasteiger partial charge in [-0.25, -0.2) is 9.97 Å². The summed E-state index contributed by atoms with van der Waals surface area (Å²) in [5.41, 5.74) is 0.861. The molecule has 58 valence electrons. The fraction of sp³-hybridized carbons (Fsp3) is 0.250. The zero-order chi connectivity index (χ0) is 8.27. The number of hydrogen-bond acceptors (Lipinski definition) is 2. The molecule has 0 radical (unpaired) electrons. The summed E-state index contributed by atoms with van der Waals surface area (Å²) >= 11 is 5.81. The van der Waals surface area contributed by atoms with E-state index in [1.165, 1.54) is 0 Å². The third kappa shape index (κ3) is 2.02. The summed E-state index contributed by atoms with van der Waals surface area (Å²) in [4.78, 5) is 8.01. The van der Waals surface area contributed by atoms with Crippen molar-refractivity contribution in [3.63, 3.8) is 0 Å². The van der Waals surface area contributed by atoms with Crippen molar-refractivity contribution in [3.8, 4) is 0 Å². The Hall–Kier alpha value is -0.890. The van der Waals surface area contributed by atoms with Crippen LogP contribution in [0.4, 0.5) is 0 Å². The van der Waals surface area contributed by atoms with Crippen LogP contribution in [0.1, 0.15) is 18.3 Å². The lowest BCUT2D eigenvalue weighted by Gasteiger charge is -1.96. The van der Waals surface area contributed by atoms with Gasteiger partial charge in [-0.2, -0.15) is 0 Å². The number of halogens is 1. The number of rotatable bonds is 1. The summed E-state index contributed by atoms with van der Waals surface area (Å²) in [6.07, 6.45) is 5.49. The van der Waals surface area contributed by atoms with Crippen LogP contribution in [0.3, 0.4) is 0 Å². The molecule has 1 rings (SSSR count). The third-order valence-corrected chi connectivity index (χ3v) is 1.54. The Morgan fingerprint density at radius 3 is 2.82 bits per heavy atom. The van der Waals surface area contributed by atoms with Gasteiger partial charge in [-0.1, -0.05) is 23.8 Å². The minimum absolute atomic E-state index is 0.510. The van der Waals surface area contributed by atoms with E-state index in [9.17, 15) is 0 Å². The van der Waals surface area contributed by atoms with Gasteiger partial charge in [0.05, 0.1) is 0 Å². The zero-order valence-corrected chi connectivity index (χ0v) is 7.26. The van der Waals surface area contributed by atoms with Crippen LogP contribution < -0.4 is 0 Å². The fourth-order valence-corrected chi connectivity index (χ4v) is 0.977. The monoisotopic (exact) mass is 168 g/mol. The number of nitrogens with zero attached hydrogens (tertiary/aromatic N) is 2. The van der Waals surface area contributed by atoms with E-state index in [0.29, 0.717) is 11.0 Å². The maximum atomic E-state index is 5.81. The minimum Gasteiger partial charge on any atom is -0.241 e. The summed E-state index contributed by atoms with van der Waals surface area (Å²) < 4.78 is 0. The SMILES string of the molecule is CC=Cc1cnc(C)nc1Cl. The van der Waals surface area contributed by atoms with Crippen LogP contribution in [0.15, 0.2) is 12.3 Å². The lowest BCUT2D eigenvalue weighted by atomic mass is 10.3. The lowest BCUT2D eigenvalue weighted by Crippen LogP contribution is -1.89. The lowest BCUT2D eigenvalue weighted by molar-refractivity contribution is 1.05. The van der Waals surface area contributed by atoms with E-state index in [-0.39, 0.29) is 0 Å². The first-order valence-electron chi connectivity index (χ1n) is 3.36. The van der Waals surface area contributed by atoms with Gasteiger partial charge >= 0.3 is 0 Å². The molecule has 0 N–H and O–H groups in total. The van der Waals surface area contributed by atoms with Crippen molar-refractivity contribution in [1.29, 1.82) is 0 Å². The Labute approximate surface area is 70.9 Å². The van der Waals surface area contributed by atoms with Crippen molar-refractivity contribution in [2.45, 2.75) is 13.8 Å². The molecule has 0 saturated carbocycles. The minimum atomic E-state index is 0.510. The summed E-state index contributed by atoms with van der Waals surface area (Å²) in [6.45, 7) is 3.74. The molecule has 0 bridgehead atoms. The molecule has 2 nitrogen and oxygen atoms in total. The molecule has 0 aliphatic heterocycles. The van der Waals surface area contributed by atoms with Gasteiger partial charge in [0, 0.05) is 11.8 Å². The van der Waals surface area contributed by atoms with E-state index in [1.807, 2.05) is 26.0 Å². The summed E-state index contributed by atoms with van der Waals surface area (Å²) in [5, 5.41) is 0.510. The van der Waals surface area contributed by atoms with Gasteiger partial charge in [-0.15, -0.1) is 0 Å².